The molecule has 9 nitrogen and oxygen atoms in total. The average molecular weight is 546 g/mol. The Morgan fingerprint density at radius 1 is 1.00 bits per heavy atom. The van der Waals surface area contributed by atoms with Gasteiger partial charge >= 0.3 is 6.09 Å². The van der Waals surface area contributed by atoms with Crippen LogP contribution in [0.1, 0.15) is 33.9 Å². The van der Waals surface area contributed by atoms with Crippen molar-refractivity contribution in [3.8, 4) is 5.75 Å². The van der Waals surface area contributed by atoms with Crippen molar-refractivity contribution in [1.29, 1.82) is 0 Å². The minimum atomic E-state index is -0.749. The van der Waals surface area contributed by atoms with Crippen LogP contribution in [0.4, 0.5) is 10.5 Å². The van der Waals surface area contributed by atoms with E-state index >= 15 is 0 Å². The largest absolute Gasteiger partial charge is 0.489 e. The number of anilines is 1. The standard InChI is InChI=1S/C31H35N3O6/c35-21-28-29(24-10-12-27(13-11-24)39-22-23-6-2-1-3-7-23)34(31(37)40-28)26-9-4-8-25(20-26)30(36)32-14-5-15-33-16-18-38-19-17-33/h1-4,6-13,20,28-29,35H,5,14-19,21-22H2,(H,32,36)/t28-,29?/m1/s1. The van der Waals surface area contributed by atoms with Gasteiger partial charge in [0, 0.05) is 30.9 Å². The van der Waals surface area contributed by atoms with Crippen LogP contribution in [0.3, 0.4) is 0 Å². The Kier molecular flexibility index (Phi) is 9.28. The molecule has 3 aromatic carbocycles. The van der Waals surface area contributed by atoms with E-state index in [0.29, 0.717) is 30.2 Å². The molecule has 0 aromatic heterocycles. The van der Waals surface area contributed by atoms with E-state index in [-0.39, 0.29) is 12.5 Å². The highest BCUT2D eigenvalue weighted by molar-refractivity contribution is 5.97. The number of nitrogens with zero attached hydrogens (tertiary/aromatic N) is 2. The molecule has 2 amide bonds. The van der Waals surface area contributed by atoms with Gasteiger partial charge in [-0.15, -0.1) is 0 Å². The number of hydrogen-bond donors (Lipinski definition) is 2. The van der Waals surface area contributed by atoms with E-state index in [2.05, 4.69) is 10.2 Å². The Hall–Kier alpha value is -3.92. The molecule has 2 aliphatic rings. The number of nitrogens with one attached hydrogen (secondary N) is 1. The van der Waals surface area contributed by atoms with Crippen molar-refractivity contribution in [2.24, 2.45) is 0 Å². The van der Waals surface area contributed by atoms with Gasteiger partial charge in [0.1, 0.15) is 18.4 Å². The molecule has 0 aliphatic carbocycles. The first-order valence-electron chi connectivity index (χ1n) is 13.7. The number of morpholine rings is 1. The van der Waals surface area contributed by atoms with Crippen molar-refractivity contribution in [3.05, 3.63) is 95.6 Å². The van der Waals surface area contributed by atoms with Crippen molar-refractivity contribution in [2.45, 2.75) is 25.2 Å². The van der Waals surface area contributed by atoms with Gasteiger partial charge in [-0.3, -0.25) is 14.6 Å². The van der Waals surface area contributed by atoms with Crippen LogP contribution in [0.5, 0.6) is 5.75 Å². The van der Waals surface area contributed by atoms with E-state index in [9.17, 15) is 14.7 Å². The molecule has 2 atom stereocenters. The molecular weight excluding hydrogens is 510 g/mol. The molecule has 9 heteroatoms. The van der Waals surface area contributed by atoms with Crippen molar-refractivity contribution < 1.29 is 28.9 Å². The summed E-state index contributed by atoms with van der Waals surface area (Å²) in [5.74, 6) is 0.490. The topological polar surface area (TPSA) is 101 Å². The zero-order chi connectivity index (χ0) is 27.7. The summed E-state index contributed by atoms with van der Waals surface area (Å²) in [6, 6.07) is 23.7. The van der Waals surface area contributed by atoms with E-state index < -0.39 is 18.2 Å². The maximum Gasteiger partial charge on any atom is 0.415 e. The summed E-state index contributed by atoms with van der Waals surface area (Å²) in [5, 5.41) is 13.0. The second-order valence-electron chi connectivity index (χ2n) is 9.88. The summed E-state index contributed by atoms with van der Waals surface area (Å²) in [4.78, 5) is 29.7. The molecule has 40 heavy (non-hydrogen) atoms. The molecule has 0 bridgehead atoms. The van der Waals surface area contributed by atoms with E-state index in [0.717, 1.165) is 50.4 Å². The lowest BCUT2D eigenvalue weighted by Crippen LogP contribution is -2.38. The number of rotatable bonds is 11. The van der Waals surface area contributed by atoms with Crippen molar-refractivity contribution >= 4 is 17.7 Å². The average Bonchev–Trinajstić information content (AvgIpc) is 3.35. The normalized spacial score (nSPS) is 19.3. The first kappa shape index (κ1) is 27.6. The van der Waals surface area contributed by atoms with Gasteiger partial charge in [-0.1, -0.05) is 48.5 Å². The Morgan fingerprint density at radius 3 is 2.52 bits per heavy atom. The first-order valence-corrected chi connectivity index (χ1v) is 13.7. The second-order valence-corrected chi connectivity index (χ2v) is 9.88. The highest BCUT2D eigenvalue weighted by atomic mass is 16.6. The summed E-state index contributed by atoms with van der Waals surface area (Å²) in [7, 11) is 0. The lowest BCUT2D eigenvalue weighted by atomic mass is 10.00. The third-order valence-electron chi connectivity index (χ3n) is 7.16. The van der Waals surface area contributed by atoms with Gasteiger partial charge in [-0.25, -0.2) is 4.79 Å². The molecule has 5 rings (SSSR count). The molecule has 2 N–H and O–H groups in total. The molecule has 0 saturated carbocycles. The Labute approximate surface area is 234 Å². The molecule has 2 aliphatic heterocycles. The van der Waals surface area contributed by atoms with Gasteiger partial charge in [0.15, 0.2) is 6.10 Å². The van der Waals surface area contributed by atoms with Gasteiger partial charge in [0.2, 0.25) is 0 Å². The molecule has 1 unspecified atom stereocenters. The zero-order valence-electron chi connectivity index (χ0n) is 22.4. The van der Waals surface area contributed by atoms with Crippen molar-refractivity contribution in [3.63, 3.8) is 0 Å². The highest BCUT2D eigenvalue weighted by Gasteiger charge is 2.43. The van der Waals surface area contributed by atoms with Crippen LogP contribution in [0, 0.1) is 0 Å². The van der Waals surface area contributed by atoms with Gasteiger partial charge in [0.25, 0.3) is 5.91 Å². The second kappa shape index (κ2) is 13.4. The summed E-state index contributed by atoms with van der Waals surface area (Å²) in [5.41, 5.74) is 2.83. The Bertz CT molecular complexity index is 1260. The Balaban J connectivity index is 1.24. The minimum Gasteiger partial charge on any atom is -0.489 e. The van der Waals surface area contributed by atoms with Gasteiger partial charge in [0.05, 0.1) is 19.8 Å². The van der Waals surface area contributed by atoms with E-state index in [1.165, 1.54) is 4.90 Å². The van der Waals surface area contributed by atoms with Gasteiger partial charge in [-0.2, -0.15) is 0 Å². The van der Waals surface area contributed by atoms with Crippen LogP contribution in [0.25, 0.3) is 0 Å². The molecule has 2 heterocycles. The molecule has 2 fully saturated rings. The number of hydrogen-bond acceptors (Lipinski definition) is 7. The zero-order valence-corrected chi connectivity index (χ0v) is 22.4. The van der Waals surface area contributed by atoms with Crippen LogP contribution in [0.15, 0.2) is 78.9 Å². The van der Waals surface area contributed by atoms with Crippen LogP contribution in [-0.2, 0) is 16.1 Å². The van der Waals surface area contributed by atoms with Gasteiger partial charge in [-0.05, 0) is 54.4 Å². The number of aliphatic hydroxyl groups excluding tert-OH is 1. The number of carbonyl (C=O) groups is 2. The van der Waals surface area contributed by atoms with Crippen LogP contribution in [0.2, 0.25) is 0 Å². The predicted molar refractivity (Wildman–Crippen MR) is 150 cm³/mol. The fourth-order valence-electron chi connectivity index (χ4n) is 5.03. The van der Waals surface area contributed by atoms with Crippen LogP contribution >= 0.6 is 0 Å². The smallest absolute Gasteiger partial charge is 0.415 e. The van der Waals surface area contributed by atoms with Gasteiger partial charge < -0.3 is 24.6 Å². The molecule has 2 saturated heterocycles. The van der Waals surface area contributed by atoms with Crippen LogP contribution < -0.4 is 15.0 Å². The van der Waals surface area contributed by atoms with Crippen molar-refractivity contribution in [2.75, 3.05) is 50.9 Å². The highest BCUT2D eigenvalue weighted by Crippen LogP contribution is 2.38. The maximum atomic E-state index is 13.0. The van der Waals surface area contributed by atoms with Crippen LogP contribution in [-0.4, -0.2) is 74.1 Å². The predicted octanol–water partition coefficient (Wildman–Crippen LogP) is 3.78. The van der Waals surface area contributed by atoms with E-state index in [1.54, 1.807) is 24.3 Å². The third-order valence-corrected chi connectivity index (χ3v) is 7.16. The molecule has 210 valence electrons. The van der Waals surface area contributed by atoms with E-state index in [4.69, 9.17) is 14.2 Å². The molecule has 0 spiro atoms. The molecular formula is C31H35N3O6. The summed E-state index contributed by atoms with van der Waals surface area (Å²) < 4.78 is 16.8. The molecule has 3 aromatic rings. The number of ether oxygens (including phenoxy) is 3. The fourth-order valence-corrected chi connectivity index (χ4v) is 5.03. The lowest BCUT2D eigenvalue weighted by molar-refractivity contribution is 0.0374. The SMILES string of the molecule is O=C(NCCCN1CCOCC1)c1cccc(N2C(=O)O[C@H](CO)C2c2ccc(OCc3ccccc3)cc2)c1. The number of aliphatic hydroxyl groups is 1. The Morgan fingerprint density at radius 2 is 1.77 bits per heavy atom. The number of carbonyl (C=O) groups excluding carboxylic acids is 2. The fraction of sp³-hybridized carbons (Fsp3) is 0.355. The summed E-state index contributed by atoms with van der Waals surface area (Å²) in [6.07, 6.45) is -0.479. The molecule has 0 radical (unpaired) electrons. The monoisotopic (exact) mass is 545 g/mol. The number of benzene rings is 3. The number of amides is 2. The third kappa shape index (κ3) is 6.80. The van der Waals surface area contributed by atoms with E-state index in [1.807, 2.05) is 54.6 Å². The summed E-state index contributed by atoms with van der Waals surface area (Å²) >= 11 is 0. The number of cyclic esters (lactones) is 1. The minimum absolute atomic E-state index is 0.202. The lowest BCUT2D eigenvalue weighted by Gasteiger charge is -2.26. The maximum absolute atomic E-state index is 13.0. The quantitative estimate of drug-likeness (QED) is 0.354. The summed E-state index contributed by atoms with van der Waals surface area (Å²) in [6.45, 7) is 4.92. The van der Waals surface area contributed by atoms with Crippen molar-refractivity contribution in [1.82, 2.24) is 10.2 Å². The first-order chi connectivity index (χ1) is 19.6.